The first-order chi connectivity index (χ1) is 12.8. The first kappa shape index (κ1) is 19.4. The highest BCUT2D eigenvalue weighted by Gasteiger charge is 2.46. The Kier molecular flexibility index (Phi) is 5.55. The minimum Gasteiger partial charge on any atom is -0.481 e. The van der Waals surface area contributed by atoms with Gasteiger partial charge in [-0.1, -0.05) is 13.0 Å². The van der Waals surface area contributed by atoms with Gasteiger partial charge in [-0.15, -0.1) is 0 Å². The quantitative estimate of drug-likeness (QED) is 0.719. The molecule has 2 aliphatic rings. The number of nitrogens with zero attached hydrogens (tertiary/aromatic N) is 3. The number of carbonyl (C=O) groups is 2. The Balaban J connectivity index is 1.53. The molecule has 27 heavy (non-hydrogen) atoms. The zero-order valence-electron chi connectivity index (χ0n) is 15.9. The highest BCUT2D eigenvalue weighted by atomic mass is 16.4. The average molecular weight is 376 g/mol. The zero-order valence-corrected chi connectivity index (χ0v) is 15.9. The van der Waals surface area contributed by atoms with Crippen LogP contribution in [0.4, 0.5) is 10.6 Å². The number of hydrogen-bond acceptors (Lipinski definition) is 5. The summed E-state index contributed by atoms with van der Waals surface area (Å²) in [6.07, 6.45) is 2.30. The third-order valence-corrected chi connectivity index (χ3v) is 5.52. The largest absolute Gasteiger partial charge is 0.481 e. The van der Waals surface area contributed by atoms with Crippen LogP contribution in [0.15, 0.2) is 12.1 Å². The summed E-state index contributed by atoms with van der Waals surface area (Å²) >= 11 is 0. The van der Waals surface area contributed by atoms with Crippen molar-refractivity contribution in [3.05, 3.63) is 23.4 Å². The van der Waals surface area contributed by atoms with Crippen molar-refractivity contribution >= 4 is 17.8 Å². The van der Waals surface area contributed by atoms with Gasteiger partial charge in [0.1, 0.15) is 11.4 Å². The zero-order chi connectivity index (χ0) is 19.6. The molecule has 1 aromatic heterocycles. The molecule has 0 unspecified atom stereocenters. The Morgan fingerprint density at radius 3 is 2.48 bits per heavy atom. The molecule has 1 aromatic rings. The van der Waals surface area contributed by atoms with Gasteiger partial charge in [0.15, 0.2) is 0 Å². The summed E-state index contributed by atoms with van der Waals surface area (Å²) in [5.74, 6) is 0.201. The minimum atomic E-state index is -1.28. The number of nitrogens with one attached hydrogen (secondary N) is 1. The fraction of sp³-hybridized carbons (Fsp3) is 0.632. The van der Waals surface area contributed by atoms with Crippen LogP contribution in [0.1, 0.15) is 43.4 Å². The van der Waals surface area contributed by atoms with E-state index < -0.39 is 11.6 Å². The molecular formula is C19H28N4O4. The van der Waals surface area contributed by atoms with Crippen LogP contribution in [0.2, 0.25) is 0 Å². The number of carboxylic acid groups (broad SMARTS) is 1. The highest BCUT2D eigenvalue weighted by molar-refractivity contribution is 5.77. The van der Waals surface area contributed by atoms with Crippen molar-refractivity contribution in [2.24, 2.45) is 0 Å². The van der Waals surface area contributed by atoms with Gasteiger partial charge in [0.25, 0.3) is 0 Å². The summed E-state index contributed by atoms with van der Waals surface area (Å²) in [5.41, 5.74) is 0.970. The molecule has 2 aliphatic heterocycles. The Hall–Kier alpha value is -2.35. The smallest absolute Gasteiger partial charge is 0.320 e. The predicted octanol–water partition coefficient (Wildman–Crippen LogP) is 1.51. The Labute approximate surface area is 159 Å². The number of piperidine rings is 1. The molecule has 148 valence electrons. The highest BCUT2D eigenvalue weighted by Crippen LogP contribution is 2.31. The number of carbonyl (C=O) groups excluding carboxylic acids is 1. The van der Waals surface area contributed by atoms with Crippen molar-refractivity contribution in [2.45, 2.75) is 44.1 Å². The third kappa shape index (κ3) is 4.16. The third-order valence-electron chi connectivity index (χ3n) is 5.52. The van der Waals surface area contributed by atoms with Gasteiger partial charge in [0, 0.05) is 31.7 Å². The molecule has 0 radical (unpaired) electrons. The fourth-order valence-electron chi connectivity index (χ4n) is 3.99. The molecule has 2 saturated heterocycles. The van der Waals surface area contributed by atoms with Crippen molar-refractivity contribution in [1.29, 1.82) is 0 Å². The van der Waals surface area contributed by atoms with Gasteiger partial charge >= 0.3 is 12.0 Å². The lowest BCUT2D eigenvalue weighted by atomic mass is 9.90. The second-order valence-electron chi connectivity index (χ2n) is 7.54. The molecule has 2 fully saturated rings. The average Bonchev–Trinajstić information content (AvgIpc) is 2.64. The minimum absolute atomic E-state index is 0.0869. The van der Waals surface area contributed by atoms with Gasteiger partial charge in [-0.05, 0) is 30.9 Å². The van der Waals surface area contributed by atoms with E-state index in [-0.39, 0.29) is 25.5 Å². The van der Waals surface area contributed by atoms with Crippen molar-refractivity contribution < 1.29 is 19.8 Å². The lowest BCUT2D eigenvalue weighted by Crippen LogP contribution is -2.66. The molecule has 0 atom stereocenters. The summed E-state index contributed by atoms with van der Waals surface area (Å²) in [5, 5.41) is 22.0. The standard InChI is InChI=1S/C19H28N4O4/c1-3-13-4-5-15(21-17(13)20-2)14-6-8-22(9-7-14)18(26)23-11-19(27,12-23)10-16(24)25/h4-5,14,27H,3,6-12H2,1-2H3,(H,20,21)(H,24,25). The van der Waals surface area contributed by atoms with Gasteiger partial charge in [-0.25, -0.2) is 9.78 Å². The number of aromatic nitrogens is 1. The van der Waals surface area contributed by atoms with E-state index in [0.29, 0.717) is 19.0 Å². The van der Waals surface area contributed by atoms with Gasteiger partial charge in [0.05, 0.1) is 19.5 Å². The lowest BCUT2D eigenvalue weighted by molar-refractivity contribution is -0.150. The number of aryl methyl sites for hydroxylation is 1. The number of likely N-dealkylation sites (tertiary alicyclic amines) is 2. The van der Waals surface area contributed by atoms with Crippen LogP contribution in [0, 0.1) is 0 Å². The normalized spacial score (nSPS) is 19.5. The number of pyridine rings is 1. The molecule has 3 N–H and O–H groups in total. The molecule has 8 nitrogen and oxygen atoms in total. The molecule has 8 heteroatoms. The van der Waals surface area contributed by atoms with Crippen molar-refractivity contribution in [1.82, 2.24) is 14.8 Å². The van der Waals surface area contributed by atoms with E-state index in [4.69, 9.17) is 10.1 Å². The van der Waals surface area contributed by atoms with Crippen molar-refractivity contribution in [3.63, 3.8) is 0 Å². The van der Waals surface area contributed by atoms with Crippen LogP contribution in [0.3, 0.4) is 0 Å². The maximum absolute atomic E-state index is 12.5. The molecule has 0 aromatic carbocycles. The van der Waals surface area contributed by atoms with Crippen molar-refractivity contribution in [3.8, 4) is 0 Å². The topological polar surface area (TPSA) is 106 Å². The van der Waals surface area contributed by atoms with Crippen molar-refractivity contribution in [2.75, 3.05) is 38.5 Å². The van der Waals surface area contributed by atoms with E-state index >= 15 is 0 Å². The summed E-state index contributed by atoms with van der Waals surface area (Å²) in [7, 11) is 1.88. The Morgan fingerprint density at radius 1 is 1.26 bits per heavy atom. The Bertz CT molecular complexity index is 710. The number of urea groups is 1. The van der Waals surface area contributed by atoms with Crippen LogP contribution in [0.25, 0.3) is 0 Å². The maximum Gasteiger partial charge on any atom is 0.320 e. The number of amides is 2. The number of anilines is 1. The van der Waals surface area contributed by atoms with E-state index in [1.165, 1.54) is 10.5 Å². The molecule has 0 saturated carbocycles. The van der Waals surface area contributed by atoms with Crippen LogP contribution in [-0.4, -0.2) is 75.8 Å². The van der Waals surface area contributed by atoms with Gasteiger partial charge < -0.3 is 25.3 Å². The molecule has 3 rings (SSSR count). The predicted molar refractivity (Wildman–Crippen MR) is 101 cm³/mol. The lowest BCUT2D eigenvalue weighted by Gasteiger charge is -2.48. The van der Waals surface area contributed by atoms with E-state index in [1.807, 2.05) is 7.05 Å². The van der Waals surface area contributed by atoms with E-state index in [9.17, 15) is 14.7 Å². The van der Waals surface area contributed by atoms with E-state index in [2.05, 4.69) is 24.4 Å². The second kappa shape index (κ2) is 7.72. The number of carboxylic acids is 1. The molecule has 2 amide bonds. The number of aliphatic hydroxyl groups is 1. The van der Waals surface area contributed by atoms with Crippen LogP contribution < -0.4 is 5.32 Å². The number of β-amino-alcohol motifs (C(OH)–C–C–N with tert-alkyl or cyclic N) is 1. The summed E-state index contributed by atoms with van der Waals surface area (Å²) in [4.78, 5) is 31.4. The molecule has 0 spiro atoms. The van der Waals surface area contributed by atoms with Crippen LogP contribution >= 0.6 is 0 Å². The monoisotopic (exact) mass is 376 g/mol. The first-order valence-corrected chi connectivity index (χ1v) is 9.51. The molecule has 0 bridgehead atoms. The van der Waals surface area contributed by atoms with E-state index in [1.54, 1.807) is 4.90 Å². The number of aliphatic carboxylic acids is 1. The molecule has 3 heterocycles. The SMILES string of the molecule is CCc1ccc(C2CCN(C(=O)N3CC(O)(CC(=O)O)C3)CC2)nc1NC. The van der Waals surface area contributed by atoms with Crippen LogP contribution in [-0.2, 0) is 11.2 Å². The molecular weight excluding hydrogens is 348 g/mol. The second-order valence-corrected chi connectivity index (χ2v) is 7.54. The fourth-order valence-corrected chi connectivity index (χ4v) is 3.99. The van der Waals surface area contributed by atoms with Gasteiger partial charge in [0.2, 0.25) is 0 Å². The summed E-state index contributed by atoms with van der Waals surface area (Å²) < 4.78 is 0. The molecule has 0 aliphatic carbocycles. The Morgan fingerprint density at radius 2 is 1.93 bits per heavy atom. The summed E-state index contributed by atoms with van der Waals surface area (Å²) in [6, 6.07) is 4.09. The van der Waals surface area contributed by atoms with E-state index in [0.717, 1.165) is 30.8 Å². The van der Waals surface area contributed by atoms with Gasteiger partial charge in [-0.2, -0.15) is 0 Å². The van der Waals surface area contributed by atoms with Gasteiger partial charge in [-0.3, -0.25) is 4.79 Å². The maximum atomic E-state index is 12.5. The van der Waals surface area contributed by atoms with Crippen LogP contribution in [0.5, 0.6) is 0 Å². The number of hydrogen-bond donors (Lipinski definition) is 3. The number of rotatable bonds is 5. The first-order valence-electron chi connectivity index (χ1n) is 9.51. The summed E-state index contributed by atoms with van der Waals surface area (Å²) in [6.45, 7) is 3.56.